The van der Waals surface area contributed by atoms with E-state index in [2.05, 4.69) is 26.1 Å². The van der Waals surface area contributed by atoms with Gasteiger partial charge in [-0.1, -0.05) is 20.3 Å². The Labute approximate surface area is 118 Å². The van der Waals surface area contributed by atoms with Crippen molar-refractivity contribution in [2.24, 2.45) is 11.1 Å². The second-order valence-corrected chi connectivity index (χ2v) is 7.76. The van der Waals surface area contributed by atoms with Crippen LogP contribution in [0, 0.1) is 5.41 Å². The Balaban J connectivity index is 1.94. The predicted octanol–water partition coefficient (Wildman–Crippen LogP) is 2.83. The van der Waals surface area contributed by atoms with Crippen molar-refractivity contribution in [1.82, 2.24) is 5.32 Å². The summed E-state index contributed by atoms with van der Waals surface area (Å²) in [4.78, 5) is 0. The highest BCUT2D eigenvalue weighted by atomic mass is 16.5. The van der Waals surface area contributed by atoms with E-state index in [1.54, 1.807) is 0 Å². The fourth-order valence-corrected chi connectivity index (χ4v) is 3.54. The van der Waals surface area contributed by atoms with Crippen LogP contribution >= 0.6 is 0 Å². The Bertz CT molecular complexity index is 297. The van der Waals surface area contributed by atoms with Crippen LogP contribution < -0.4 is 11.1 Å². The number of hydrogen-bond donors (Lipinski definition) is 2. The molecule has 3 heteroatoms. The Kier molecular flexibility index (Phi) is 4.59. The molecule has 3 nitrogen and oxygen atoms in total. The highest BCUT2D eigenvalue weighted by Gasteiger charge is 2.37. The summed E-state index contributed by atoms with van der Waals surface area (Å²) in [5, 5.41) is 3.80. The normalized spacial score (nSPS) is 39.2. The molecule has 2 aliphatic rings. The third-order valence-electron chi connectivity index (χ3n) is 5.32. The fraction of sp³-hybridized carbons (Fsp3) is 1.00. The summed E-state index contributed by atoms with van der Waals surface area (Å²) >= 11 is 0. The minimum atomic E-state index is 0.0317. The molecule has 0 radical (unpaired) electrons. The van der Waals surface area contributed by atoms with Crippen molar-refractivity contribution in [3.63, 3.8) is 0 Å². The predicted molar refractivity (Wildman–Crippen MR) is 80.2 cm³/mol. The monoisotopic (exact) mass is 268 g/mol. The number of hydrogen-bond acceptors (Lipinski definition) is 3. The van der Waals surface area contributed by atoms with Crippen molar-refractivity contribution in [2.45, 2.75) is 76.9 Å². The summed E-state index contributed by atoms with van der Waals surface area (Å²) < 4.78 is 5.89. The Morgan fingerprint density at radius 3 is 2.42 bits per heavy atom. The van der Waals surface area contributed by atoms with E-state index in [4.69, 9.17) is 10.5 Å². The summed E-state index contributed by atoms with van der Waals surface area (Å²) in [5.41, 5.74) is 6.77. The summed E-state index contributed by atoms with van der Waals surface area (Å²) in [6.45, 7) is 9.63. The van der Waals surface area contributed by atoms with E-state index in [1.165, 1.54) is 44.9 Å². The zero-order chi connectivity index (χ0) is 14.0. The van der Waals surface area contributed by atoms with Crippen LogP contribution in [0.1, 0.15) is 65.7 Å². The molecule has 2 atom stereocenters. The van der Waals surface area contributed by atoms with Gasteiger partial charge in [-0.3, -0.25) is 0 Å². The van der Waals surface area contributed by atoms with Crippen LogP contribution in [0.3, 0.4) is 0 Å². The molecule has 1 heterocycles. The van der Waals surface area contributed by atoms with E-state index in [9.17, 15) is 0 Å². The molecular weight excluding hydrogens is 236 g/mol. The first kappa shape index (κ1) is 15.3. The molecule has 3 N–H and O–H groups in total. The van der Waals surface area contributed by atoms with Gasteiger partial charge in [-0.25, -0.2) is 0 Å². The molecule has 0 bridgehead atoms. The molecule has 1 aliphatic heterocycles. The average Bonchev–Trinajstić information content (AvgIpc) is 2.73. The largest absolute Gasteiger partial charge is 0.374 e. The minimum Gasteiger partial charge on any atom is -0.374 e. The zero-order valence-electron chi connectivity index (χ0n) is 13.1. The molecule has 2 rings (SSSR count). The van der Waals surface area contributed by atoms with Gasteiger partial charge in [0.1, 0.15) is 0 Å². The van der Waals surface area contributed by atoms with Gasteiger partial charge in [-0.15, -0.1) is 0 Å². The molecule has 1 aliphatic carbocycles. The second kappa shape index (κ2) is 5.71. The first-order valence-corrected chi connectivity index (χ1v) is 7.98. The molecule has 2 fully saturated rings. The van der Waals surface area contributed by atoms with Gasteiger partial charge in [0.2, 0.25) is 0 Å². The van der Waals surface area contributed by atoms with Gasteiger partial charge in [-0.2, -0.15) is 0 Å². The van der Waals surface area contributed by atoms with Gasteiger partial charge in [0.25, 0.3) is 0 Å². The molecule has 2 unspecified atom stereocenters. The van der Waals surface area contributed by atoms with Crippen molar-refractivity contribution in [3.05, 3.63) is 0 Å². The van der Waals surface area contributed by atoms with Gasteiger partial charge in [0.05, 0.1) is 5.60 Å². The molecule has 0 aromatic carbocycles. The van der Waals surface area contributed by atoms with E-state index in [1.807, 2.05) is 0 Å². The first-order valence-electron chi connectivity index (χ1n) is 7.98. The first-order chi connectivity index (χ1) is 8.89. The molecular formula is C16H32N2O. The third-order valence-corrected chi connectivity index (χ3v) is 5.32. The van der Waals surface area contributed by atoms with Crippen LogP contribution in [-0.2, 0) is 4.74 Å². The summed E-state index contributed by atoms with van der Waals surface area (Å²) in [6.07, 6.45) is 8.66. The number of nitrogens with one attached hydrogen (secondary N) is 1. The zero-order valence-corrected chi connectivity index (χ0v) is 13.1. The Morgan fingerprint density at radius 2 is 1.79 bits per heavy atom. The maximum Gasteiger partial charge on any atom is 0.0779 e. The topological polar surface area (TPSA) is 47.3 Å². The molecule has 0 spiro atoms. The molecule has 0 aromatic rings. The number of ether oxygens (including phenoxy) is 1. The molecule has 1 saturated heterocycles. The van der Waals surface area contributed by atoms with E-state index in [0.717, 1.165) is 19.7 Å². The van der Waals surface area contributed by atoms with Crippen molar-refractivity contribution in [1.29, 1.82) is 0 Å². The fourth-order valence-electron chi connectivity index (χ4n) is 3.54. The maximum absolute atomic E-state index is 6.12. The summed E-state index contributed by atoms with van der Waals surface area (Å²) in [6, 6.07) is 0. The lowest BCUT2D eigenvalue weighted by Gasteiger charge is -2.37. The van der Waals surface area contributed by atoms with Crippen LogP contribution in [0.25, 0.3) is 0 Å². The minimum absolute atomic E-state index is 0.0317. The Morgan fingerprint density at radius 1 is 1.00 bits per heavy atom. The van der Waals surface area contributed by atoms with E-state index >= 15 is 0 Å². The van der Waals surface area contributed by atoms with Gasteiger partial charge in [0, 0.05) is 25.2 Å². The quantitative estimate of drug-likeness (QED) is 0.771. The summed E-state index contributed by atoms with van der Waals surface area (Å²) in [7, 11) is 0. The Hall–Kier alpha value is -0.120. The van der Waals surface area contributed by atoms with Gasteiger partial charge in [0.15, 0.2) is 0 Å². The highest BCUT2D eigenvalue weighted by Crippen LogP contribution is 2.38. The molecule has 19 heavy (non-hydrogen) atoms. The van der Waals surface area contributed by atoms with Crippen molar-refractivity contribution in [2.75, 3.05) is 19.7 Å². The molecule has 1 saturated carbocycles. The lowest BCUT2D eigenvalue weighted by Crippen LogP contribution is -2.55. The lowest BCUT2D eigenvalue weighted by molar-refractivity contribution is 0.0132. The van der Waals surface area contributed by atoms with Crippen LogP contribution in [0.4, 0.5) is 0 Å². The standard InChI is InChI=1S/C16H32N2O/c1-14(2)6-4-8-16(12-17,10-9-14)18-13-15(3)7-5-11-19-15/h18H,4-13,17H2,1-3H3. The van der Waals surface area contributed by atoms with Crippen molar-refractivity contribution in [3.8, 4) is 0 Å². The maximum atomic E-state index is 6.12. The van der Waals surface area contributed by atoms with E-state index < -0.39 is 0 Å². The SMILES string of the molecule is CC1(C)CCCC(CN)(NCC2(C)CCCO2)CC1. The van der Waals surface area contributed by atoms with Crippen LogP contribution in [0.5, 0.6) is 0 Å². The molecule has 0 amide bonds. The van der Waals surface area contributed by atoms with Gasteiger partial charge < -0.3 is 15.8 Å². The van der Waals surface area contributed by atoms with Gasteiger partial charge in [-0.05, 0) is 50.9 Å². The molecule has 112 valence electrons. The second-order valence-electron chi connectivity index (χ2n) is 7.76. The van der Waals surface area contributed by atoms with Crippen LogP contribution in [-0.4, -0.2) is 30.8 Å². The van der Waals surface area contributed by atoms with Crippen molar-refractivity contribution >= 4 is 0 Å². The number of nitrogens with two attached hydrogens (primary N) is 1. The van der Waals surface area contributed by atoms with E-state index in [-0.39, 0.29) is 11.1 Å². The average molecular weight is 268 g/mol. The van der Waals surface area contributed by atoms with E-state index in [0.29, 0.717) is 5.41 Å². The van der Waals surface area contributed by atoms with Gasteiger partial charge >= 0.3 is 0 Å². The van der Waals surface area contributed by atoms with Crippen LogP contribution in [0.2, 0.25) is 0 Å². The highest BCUT2D eigenvalue weighted by molar-refractivity contribution is 4.96. The summed E-state index contributed by atoms with van der Waals surface area (Å²) in [5.74, 6) is 0. The molecule has 0 aromatic heterocycles. The lowest BCUT2D eigenvalue weighted by atomic mass is 9.83. The third kappa shape index (κ3) is 3.93. The smallest absolute Gasteiger partial charge is 0.0779 e. The number of rotatable bonds is 4. The van der Waals surface area contributed by atoms with Crippen LogP contribution in [0.15, 0.2) is 0 Å². The van der Waals surface area contributed by atoms with Crippen molar-refractivity contribution < 1.29 is 4.74 Å².